The van der Waals surface area contributed by atoms with Gasteiger partial charge in [-0.2, -0.15) is 11.3 Å². The number of aryl methyl sites for hydroxylation is 1. The summed E-state index contributed by atoms with van der Waals surface area (Å²) in [5, 5.41) is 7.95. The molecule has 0 radical (unpaired) electrons. The second-order valence-corrected chi connectivity index (χ2v) is 5.42. The number of hydrogen-bond donors (Lipinski definition) is 1. The molecule has 86 valence electrons. The predicted octanol–water partition coefficient (Wildman–Crippen LogP) is 4.14. The van der Waals surface area contributed by atoms with E-state index in [4.69, 9.17) is 0 Å². The first-order valence-electron chi connectivity index (χ1n) is 5.85. The van der Waals surface area contributed by atoms with Gasteiger partial charge in [0.25, 0.3) is 0 Å². The van der Waals surface area contributed by atoms with E-state index in [0.29, 0.717) is 6.04 Å². The first-order chi connectivity index (χ1) is 7.15. The highest BCUT2D eigenvalue weighted by molar-refractivity contribution is 7.08. The summed E-state index contributed by atoms with van der Waals surface area (Å²) in [7, 11) is 2.07. The summed E-state index contributed by atoms with van der Waals surface area (Å²) < 4.78 is 0. The molecule has 1 aromatic heterocycles. The standard InChI is InChI=1S/C13H23NS/c1-10(2)6-5-7-13(14-4)12-9-15-8-11(12)3/h8-10,13-14H,5-7H2,1-4H3. The molecular formula is C13H23NS. The SMILES string of the molecule is CNC(CCCC(C)C)c1cscc1C. The fourth-order valence-corrected chi connectivity index (χ4v) is 2.82. The Labute approximate surface area is 97.9 Å². The van der Waals surface area contributed by atoms with Crippen molar-refractivity contribution in [1.82, 2.24) is 5.32 Å². The second kappa shape index (κ2) is 6.29. The Balaban J connectivity index is 2.46. The van der Waals surface area contributed by atoms with Crippen LogP contribution in [-0.2, 0) is 0 Å². The molecule has 1 nitrogen and oxygen atoms in total. The number of hydrogen-bond acceptors (Lipinski definition) is 2. The third kappa shape index (κ3) is 3.96. The van der Waals surface area contributed by atoms with Gasteiger partial charge in [0.1, 0.15) is 0 Å². The molecule has 0 aliphatic heterocycles. The Morgan fingerprint density at radius 1 is 1.27 bits per heavy atom. The lowest BCUT2D eigenvalue weighted by atomic mass is 9.98. The van der Waals surface area contributed by atoms with Crippen molar-refractivity contribution in [3.8, 4) is 0 Å². The summed E-state index contributed by atoms with van der Waals surface area (Å²) in [4.78, 5) is 0. The minimum Gasteiger partial charge on any atom is -0.313 e. The van der Waals surface area contributed by atoms with Crippen LogP contribution < -0.4 is 5.32 Å². The van der Waals surface area contributed by atoms with Crippen LogP contribution in [0, 0.1) is 12.8 Å². The van der Waals surface area contributed by atoms with Crippen LogP contribution in [0.3, 0.4) is 0 Å². The highest BCUT2D eigenvalue weighted by atomic mass is 32.1. The van der Waals surface area contributed by atoms with Crippen molar-refractivity contribution in [1.29, 1.82) is 0 Å². The van der Waals surface area contributed by atoms with E-state index >= 15 is 0 Å². The van der Waals surface area contributed by atoms with E-state index in [1.807, 2.05) is 11.3 Å². The Morgan fingerprint density at radius 3 is 2.47 bits per heavy atom. The van der Waals surface area contributed by atoms with E-state index in [-0.39, 0.29) is 0 Å². The topological polar surface area (TPSA) is 12.0 Å². The van der Waals surface area contributed by atoms with Crippen molar-refractivity contribution >= 4 is 11.3 Å². The Hall–Kier alpha value is -0.340. The van der Waals surface area contributed by atoms with Crippen LogP contribution in [-0.4, -0.2) is 7.05 Å². The normalized spacial score (nSPS) is 13.4. The summed E-state index contributed by atoms with van der Waals surface area (Å²) in [5.74, 6) is 0.825. The van der Waals surface area contributed by atoms with Crippen LogP contribution >= 0.6 is 11.3 Å². The van der Waals surface area contributed by atoms with Gasteiger partial charge in [0.05, 0.1) is 0 Å². The van der Waals surface area contributed by atoms with Crippen LogP contribution in [0.5, 0.6) is 0 Å². The Morgan fingerprint density at radius 2 is 2.00 bits per heavy atom. The molecular weight excluding hydrogens is 202 g/mol. The monoisotopic (exact) mass is 225 g/mol. The lowest BCUT2D eigenvalue weighted by Crippen LogP contribution is -2.16. The van der Waals surface area contributed by atoms with Gasteiger partial charge in [-0.05, 0) is 48.2 Å². The first-order valence-corrected chi connectivity index (χ1v) is 6.79. The molecule has 0 saturated carbocycles. The van der Waals surface area contributed by atoms with Gasteiger partial charge in [-0.1, -0.05) is 26.7 Å². The van der Waals surface area contributed by atoms with Crippen LogP contribution in [0.4, 0.5) is 0 Å². The van der Waals surface area contributed by atoms with Crippen molar-refractivity contribution in [2.45, 2.75) is 46.1 Å². The average molecular weight is 225 g/mol. The lowest BCUT2D eigenvalue weighted by molar-refractivity contribution is 0.470. The quantitative estimate of drug-likeness (QED) is 0.767. The molecule has 0 aliphatic carbocycles. The summed E-state index contributed by atoms with van der Waals surface area (Å²) in [6, 6.07) is 0.551. The van der Waals surface area contributed by atoms with E-state index in [2.05, 4.69) is 43.9 Å². The van der Waals surface area contributed by atoms with Gasteiger partial charge in [-0.15, -0.1) is 0 Å². The zero-order chi connectivity index (χ0) is 11.3. The summed E-state index contributed by atoms with van der Waals surface area (Å²) in [6.45, 7) is 6.80. The van der Waals surface area contributed by atoms with Gasteiger partial charge < -0.3 is 5.32 Å². The third-order valence-electron chi connectivity index (χ3n) is 2.89. The Bertz CT molecular complexity index is 278. The second-order valence-electron chi connectivity index (χ2n) is 4.68. The molecule has 15 heavy (non-hydrogen) atoms. The maximum absolute atomic E-state index is 3.43. The maximum atomic E-state index is 3.43. The molecule has 0 bridgehead atoms. The van der Waals surface area contributed by atoms with E-state index in [0.717, 1.165) is 5.92 Å². The molecule has 1 N–H and O–H groups in total. The molecule has 2 heteroatoms. The van der Waals surface area contributed by atoms with Crippen LogP contribution in [0.15, 0.2) is 10.8 Å². The van der Waals surface area contributed by atoms with Crippen molar-refractivity contribution in [3.63, 3.8) is 0 Å². The van der Waals surface area contributed by atoms with Gasteiger partial charge in [-0.25, -0.2) is 0 Å². The van der Waals surface area contributed by atoms with Crippen LogP contribution in [0.1, 0.15) is 50.3 Å². The smallest absolute Gasteiger partial charge is 0.0328 e. The fraction of sp³-hybridized carbons (Fsp3) is 0.692. The van der Waals surface area contributed by atoms with Crippen LogP contribution in [0.2, 0.25) is 0 Å². The van der Waals surface area contributed by atoms with E-state index in [1.165, 1.54) is 30.4 Å². The lowest BCUT2D eigenvalue weighted by Gasteiger charge is -2.16. The number of thiophene rings is 1. The van der Waals surface area contributed by atoms with Crippen molar-refractivity contribution in [2.24, 2.45) is 5.92 Å². The van der Waals surface area contributed by atoms with Crippen molar-refractivity contribution < 1.29 is 0 Å². The van der Waals surface area contributed by atoms with E-state index in [1.54, 1.807) is 0 Å². The van der Waals surface area contributed by atoms with Gasteiger partial charge in [0, 0.05) is 6.04 Å². The minimum absolute atomic E-state index is 0.551. The summed E-state index contributed by atoms with van der Waals surface area (Å²) in [5.41, 5.74) is 2.93. The molecule has 0 fully saturated rings. The molecule has 0 aliphatic rings. The maximum Gasteiger partial charge on any atom is 0.0328 e. The van der Waals surface area contributed by atoms with E-state index in [9.17, 15) is 0 Å². The molecule has 1 rings (SSSR count). The van der Waals surface area contributed by atoms with Crippen molar-refractivity contribution in [3.05, 3.63) is 21.9 Å². The molecule has 0 aromatic carbocycles. The van der Waals surface area contributed by atoms with Gasteiger partial charge in [-0.3, -0.25) is 0 Å². The summed E-state index contributed by atoms with van der Waals surface area (Å²) >= 11 is 1.81. The van der Waals surface area contributed by atoms with Gasteiger partial charge >= 0.3 is 0 Å². The van der Waals surface area contributed by atoms with Crippen molar-refractivity contribution in [2.75, 3.05) is 7.05 Å². The third-order valence-corrected chi connectivity index (χ3v) is 3.77. The highest BCUT2D eigenvalue weighted by Crippen LogP contribution is 2.26. The van der Waals surface area contributed by atoms with Gasteiger partial charge in [0.2, 0.25) is 0 Å². The molecule has 0 amide bonds. The predicted molar refractivity (Wildman–Crippen MR) is 69.5 cm³/mol. The van der Waals surface area contributed by atoms with Crippen LogP contribution in [0.25, 0.3) is 0 Å². The average Bonchev–Trinajstić information content (AvgIpc) is 2.59. The number of rotatable bonds is 6. The minimum atomic E-state index is 0.551. The Kier molecular flexibility index (Phi) is 5.34. The van der Waals surface area contributed by atoms with E-state index < -0.39 is 0 Å². The zero-order valence-corrected chi connectivity index (χ0v) is 11.2. The largest absolute Gasteiger partial charge is 0.313 e. The molecule has 0 saturated heterocycles. The van der Waals surface area contributed by atoms with Gasteiger partial charge in [0.15, 0.2) is 0 Å². The molecule has 1 aromatic rings. The molecule has 1 unspecified atom stereocenters. The summed E-state index contributed by atoms with van der Waals surface area (Å²) in [6.07, 6.45) is 3.91. The number of nitrogens with one attached hydrogen (secondary N) is 1. The molecule has 1 heterocycles. The molecule has 0 spiro atoms. The fourth-order valence-electron chi connectivity index (χ4n) is 1.91. The molecule has 1 atom stereocenters. The zero-order valence-electron chi connectivity index (χ0n) is 10.3. The first kappa shape index (κ1) is 12.7. The highest BCUT2D eigenvalue weighted by Gasteiger charge is 2.12.